The van der Waals surface area contributed by atoms with Crippen LogP contribution in [0.1, 0.15) is 20.3 Å². The Morgan fingerprint density at radius 3 is 2.73 bits per heavy atom. The Bertz CT molecular complexity index is 208. The highest BCUT2D eigenvalue weighted by Gasteiger charge is 2.33. The summed E-state index contributed by atoms with van der Waals surface area (Å²) >= 11 is 0. The van der Waals surface area contributed by atoms with Crippen molar-refractivity contribution in [1.29, 1.82) is 0 Å². The minimum atomic E-state index is -1.00. The molecular weight excluding hydrogens is 148 g/mol. The third-order valence-corrected chi connectivity index (χ3v) is 1.52. The first-order valence-electron chi connectivity index (χ1n) is 3.38. The van der Waals surface area contributed by atoms with Crippen molar-refractivity contribution in [2.75, 3.05) is 0 Å². The van der Waals surface area contributed by atoms with Gasteiger partial charge in [-0.3, -0.25) is 0 Å². The number of rotatable bonds is 1. The van der Waals surface area contributed by atoms with Gasteiger partial charge in [-0.25, -0.2) is 4.79 Å². The fourth-order valence-corrected chi connectivity index (χ4v) is 0.759. The highest BCUT2D eigenvalue weighted by molar-refractivity contribution is 5.82. The van der Waals surface area contributed by atoms with Crippen molar-refractivity contribution in [3.05, 3.63) is 12.0 Å². The number of hydrogen-bond donors (Lipinski definition) is 1. The van der Waals surface area contributed by atoms with Gasteiger partial charge in [-0.2, -0.15) is 0 Å². The Balaban J connectivity index is 2.79. The smallest absolute Gasteiger partial charge is 0.341 e. The molecule has 0 spiro atoms. The number of carbonyl (C=O) groups is 1. The number of cyclic esters (lactones) is 1. The van der Waals surface area contributed by atoms with E-state index in [1.54, 1.807) is 13.8 Å². The highest BCUT2D eigenvalue weighted by atomic mass is 16.8. The van der Waals surface area contributed by atoms with Crippen molar-refractivity contribution in [1.82, 2.24) is 0 Å². The average molecular weight is 158 g/mol. The lowest BCUT2D eigenvalue weighted by Crippen LogP contribution is -2.36. The number of ether oxygens (including phenoxy) is 2. The molecule has 11 heavy (non-hydrogen) atoms. The maximum absolute atomic E-state index is 10.7. The highest BCUT2D eigenvalue weighted by Crippen LogP contribution is 2.23. The van der Waals surface area contributed by atoms with Crippen LogP contribution in [0, 0.1) is 0 Å². The van der Waals surface area contributed by atoms with Gasteiger partial charge in [-0.05, 0) is 0 Å². The molecular formula is C7H10O4. The molecule has 62 valence electrons. The van der Waals surface area contributed by atoms with E-state index < -0.39 is 11.8 Å². The lowest BCUT2D eigenvalue weighted by molar-refractivity contribution is -0.228. The van der Waals surface area contributed by atoms with E-state index >= 15 is 0 Å². The predicted octanol–water partition coefficient (Wildman–Crippen LogP) is 1.09. The van der Waals surface area contributed by atoms with Gasteiger partial charge in [0.25, 0.3) is 11.7 Å². The van der Waals surface area contributed by atoms with Crippen molar-refractivity contribution in [3.63, 3.8) is 0 Å². The molecule has 1 N–H and O–H groups in total. The Morgan fingerprint density at radius 2 is 2.27 bits per heavy atom. The molecule has 4 heteroatoms. The van der Waals surface area contributed by atoms with Gasteiger partial charge in [0.05, 0.1) is 0 Å². The molecule has 0 fully saturated rings. The fraction of sp³-hybridized carbons (Fsp3) is 0.571. The number of aliphatic hydroxyl groups is 1. The van der Waals surface area contributed by atoms with Crippen molar-refractivity contribution in [3.8, 4) is 0 Å². The Labute approximate surface area is 64.4 Å². The summed E-state index contributed by atoms with van der Waals surface area (Å²) in [6.45, 7) is 3.39. The summed E-state index contributed by atoms with van der Waals surface area (Å²) in [5.41, 5.74) is 0. The predicted molar refractivity (Wildman–Crippen MR) is 36.6 cm³/mol. The van der Waals surface area contributed by atoms with Crippen molar-refractivity contribution < 1.29 is 19.4 Å². The molecule has 0 aliphatic carbocycles. The molecule has 1 aliphatic heterocycles. The molecule has 0 bridgehead atoms. The molecule has 0 saturated carbocycles. The Hall–Kier alpha value is -1.19. The lowest BCUT2D eigenvalue weighted by Gasteiger charge is -2.30. The standard InChI is InChI=1S/C7H10O4/c1-3-7(2)10-5(8)4-6(9)11-7/h4,8H,3H2,1-2H3. The van der Waals surface area contributed by atoms with E-state index in [2.05, 4.69) is 0 Å². The zero-order chi connectivity index (χ0) is 8.48. The maximum atomic E-state index is 10.7. The second-order valence-corrected chi connectivity index (χ2v) is 2.49. The zero-order valence-electron chi connectivity index (χ0n) is 6.46. The van der Waals surface area contributed by atoms with Gasteiger partial charge in [-0.15, -0.1) is 0 Å². The van der Waals surface area contributed by atoms with E-state index in [4.69, 9.17) is 14.6 Å². The van der Waals surface area contributed by atoms with Crippen LogP contribution in [-0.4, -0.2) is 16.9 Å². The minimum Gasteiger partial charge on any atom is -0.481 e. The van der Waals surface area contributed by atoms with E-state index in [9.17, 15) is 4.79 Å². The van der Waals surface area contributed by atoms with Crippen LogP contribution in [-0.2, 0) is 14.3 Å². The second-order valence-electron chi connectivity index (χ2n) is 2.49. The van der Waals surface area contributed by atoms with Crippen LogP contribution >= 0.6 is 0 Å². The second kappa shape index (κ2) is 2.45. The van der Waals surface area contributed by atoms with Gasteiger partial charge < -0.3 is 14.6 Å². The van der Waals surface area contributed by atoms with Gasteiger partial charge >= 0.3 is 5.97 Å². The lowest BCUT2D eigenvalue weighted by atomic mass is 10.2. The third-order valence-electron chi connectivity index (χ3n) is 1.52. The topological polar surface area (TPSA) is 55.8 Å². The van der Waals surface area contributed by atoms with E-state index in [-0.39, 0.29) is 5.95 Å². The normalized spacial score (nSPS) is 30.4. The molecule has 1 heterocycles. The van der Waals surface area contributed by atoms with Gasteiger partial charge in [0.2, 0.25) is 0 Å². The molecule has 0 aromatic carbocycles. The van der Waals surface area contributed by atoms with E-state index in [0.29, 0.717) is 6.42 Å². The molecule has 1 aliphatic rings. The third kappa shape index (κ3) is 1.63. The molecule has 1 atom stereocenters. The maximum Gasteiger partial charge on any atom is 0.341 e. The number of hydrogen-bond acceptors (Lipinski definition) is 4. The van der Waals surface area contributed by atoms with Gasteiger partial charge in [0, 0.05) is 13.3 Å². The molecule has 0 saturated heterocycles. The molecule has 4 nitrogen and oxygen atoms in total. The van der Waals surface area contributed by atoms with Crippen LogP contribution in [0.5, 0.6) is 0 Å². The summed E-state index contributed by atoms with van der Waals surface area (Å²) in [7, 11) is 0. The minimum absolute atomic E-state index is 0.384. The first-order valence-corrected chi connectivity index (χ1v) is 3.38. The Morgan fingerprint density at radius 1 is 1.64 bits per heavy atom. The quantitative estimate of drug-likeness (QED) is 0.580. The summed E-state index contributed by atoms with van der Waals surface area (Å²) in [6, 6.07) is 0. The summed E-state index contributed by atoms with van der Waals surface area (Å²) in [5.74, 6) is -1.96. The van der Waals surface area contributed by atoms with Gasteiger partial charge in [0.15, 0.2) is 0 Å². The molecule has 0 radical (unpaired) electrons. The van der Waals surface area contributed by atoms with E-state index in [0.717, 1.165) is 6.08 Å². The molecule has 0 amide bonds. The molecule has 1 rings (SSSR count). The van der Waals surface area contributed by atoms with Crippen LogP contribution in [0.3, 0.4) is 0 Å². The Kier molecular flexibility index (Phi) is 1.76. The largest absolute Gasteiger partial charge is 0.481 e. The summed E-state index contributed by atoms with van der Waals surface area (Å²) < 4.78 is 9.66. The number of esters is 1. The molecule has 0 aromatic heterocycles. The fourth-order valence-electron chi connectivity index (χ4n) is 0.759. The SMILES string of the molecule is CCC1(C)OC(=O)C=C(O)O1. The van der Waals surface area contributed by atoms with Crippen LogP contribution < -0.4 is 0 Å². The monoisotopic (exact) mass is 158 g/mol. The van der Waals surface area contributed by atoms with Crippen molar-refractivity contribution >= 4 is 5.97 Å². The van der Waals surface area contributed by atoms with Crippen LogP contribution in [0.4, 0.5) is 0 Å². The van der Waals surface area contributed by atoms with Gasteiger partial charge in [0.1, 0.15) is 6.08 Å². The van der Waals surface area contributed by atoms with Crippen LogP contribution in [0.2, 0.25) is 0 Å². The first kappa shape index (κ1) is 7.91. The average Bonchev–Trinajstić information content (AvgIpc) is 1.84. The van der Waals surface area contributed by atoms with Crippen LogP contribution in [0.25, 0.3) is 0 Å². The number of aliphatic hydroxyl groups excluding tert-OH is 1. The molecule has 0 aromatic rings. The number of carbonyl (C=O) groups excluding carboxylic acids is 1. The first-order chi connectivity index (χ1) is 5.06. The van der Waals surface area contributed by atoms with E-state index in [1.165, 1.54) is 0 Å². The van der Waals surface area contributed by atoms with E-state index in [1.807, 2.05) is 0 Å². The van der Waals surface area contributed by atoms with Gasteiger partial charge in [-0.1, -0.05) is 6.92 Å². The summed E-state index contributed by atoms with van der Waals surface area (Å²) in [5, 5.41) is 8.88. The van der Waals surface area contributed by atoms with Crippen LogP contribution in [0.15, 0.2) is 12.0 Å². The molecule has 1 unspecified atom stereocenters. The summed E-state index contributed by atoms with van der Waals surface area (Å²) in [6.07, 6.45) is 1.40. The summed E-state index contributed by atoms with van der Waals surface area (Å²) in [4.78, 5) is 10.7. The zero-order valence-corrected chi connectivity index (χ0v) is 6.46. The van der Waals surface area contributed by atoms with Crippen molar-refractivity contribution in [2.24, 2.45) is 0 Å². The van der Waals surface area contributed by atoms with Crippen molar-refractivity contribution in [2.45, 2.75) is 26.1 Å².